The molecular formula is C16H19Cl2NO4. The molecule has 1 aliphatic carbocycles. The van der Waals surface area contributed by atoms with E-state index in [-0.39, 0.29) is 18.2 Å². The maximum Gasteiger partial charge on any atom is 0.326 e. The Morgan fingerprint density at radius 3 is 2.48 bits per heavy atom. The van der Waals surface area contributed by atoms with E-state index in [4.69, 9.17) is 23.2 Å². The molecule has 5 atom stereocenters. The van der Waals surface area contributed by atoms with Crippen LogP contribution in [0.3, 0.4) is 0 Å². The number of carboxylic acids is 1. The summed E-state index contributed by atoms with van der Waals surface area (Å²) >= 11 is 12.1. The van der Waals surface area contributed by atoms with Crippen molar-refractivity contribution in [1.82, 2.24) is 5.32 Å². The smallest absolute Gasteiger partial charge is 0.326 e. The maximum atomic E-state index is 12.4. The van der Waals surface area contributed by atoms with Gasteiger partial charge < -0.3 is 15.5 Å². The second kappa shape index (κ2) is 7.99. The Labute approximate surface area is 144 Å². The molecule has 3 N–H and O–H groups in total. The van der Waals surface area contributed by atoms with Crippen LogP contribution < -0.4 is 5.32 Å². The summed E-state index contributed by atoms with van der Waals surface area (Å²) in [7, 11) is 0. The molecule has 0 aromatic heterocycles. The number of aliphatic hydroxyl groups excluding tert-OH is 1. The fourth-order valence-corrected chi connectivity index (χ4v) is 3.60. The lowest BCUT2D eigenvalue weighted by atomic mass is 9.85. The first-order valence-corrected chi connectivity index (χ1v) is 8.29. The van der Waals surface area contributed by atoms with Gasteiger partial charge in [-0.25, -0.2) is 4.79 Å². The number of halogens is 2. The second-order valence-electron chi connectivity index (χ2n) is 5.77. The van der Waals surface area contributed by atoms with Gasteiger partial charge in [-0.05, 0) is 18.4 Å². The highest BCUT2D eigenvalue weighted by Gasteiger charge is 2.40. The first kappa shape index (κ1) is 18.0. The number of nitrogens with one attached hydrogen (secondary N) is 1. The molecule has 1 aliphatic rings. The molecule has 0 heterocycles. The molecule has 126 valence electrons. The average Bonchev–Trinajstić information content (AvgIpc) is 2.51. The van der Waals surface area contributed by atoms with Crippen LogP contribution in [0.15, 0.2) is 30.3 Å². The third-order valence-electron chi connectivity index (χ3n) is 4.01. The van der Waals surface area contributed by atoms with Gasteiger partial charge in [0.25, 0.3) is 0 Å². The number of aliphatic carboxylic acids is 1. The monoisotopic (exact) mass is 359 g/mol. The number of carbonyl (C=O) groups is 2. The number of hydrogen-bond donors (Lipinski definition) is 3. The molecule has 1 fully saturated rings. The van der Waals surface area contributed by atoms with Crippen LogP contribution in [0.25, 0.3) is 0 Å². The standard InChI is InChI=1S/C16H19Cl2NO4/c17-10-7-11(14(20)12(18)8-10)15(21)19-13(16(22)23)6-9-4-2-1-3-5-9/h1-5,10-14,20H,6-8H2,(H,19,21)(H,22,23)/t10?,11?,12?,13-,14?/m0/s1. The Bertz CT molecular complexity index is 554. The Kier molecular flexibility index (Phi) is 6.27. The van der Waals surface area contributed by atoms with E-state index in [1.165, 1.54) is 0 Å². The van der Waals surface area contributed by atoms with E-state index in [0.29, 0.717) is 6.42 Å². The molecule has 1 aromatic carbocycles. The van der Waals surface area contributed by atoms with E-state index in [2.05, 4.69) is 5.32 Å². The SMILES string of the molecule is O=C(N[C@@H](Cc1ccccc1)C(=O)O)C1CC(Cl)CC(Cl)C1O. The van der Waals surface area contributed by atoms with E-state index in [1.807, 2.05) is 6.07 Å². The summed E-state index contributed by atoms with van der Waals surface area (Å²) in [4.78, 5) is 23.8. The summed E-state index contributed by atoms with van der Waals surface area (Å²) in [5.41, 5.74) is 0.801. The first-order valence-electron chi connectivity index (χ1n) is 7.41. The van der Waals surface area contributed by atoms with Crippen molar-refractivity contribution in [2.24, 2.45) is 5.92 Å². The van der Waals surface area contributed by atoms with E-state index in [1.54, 1.807) is 24.3 Å². The minimum Gasteiger partial charge on any atom is -0.480 e. The Morgan fingerprint density at radius 2 is 1.87 bits per heavy atom. The second-order valence-corrected chi connectivity index (χ2v) is 6.95. The molecule has 4 unspecified atom stereocenters. The van der Waals surface area contributed by atoms with Crippen LogP contribution in [0.1, 0.15) is 18.4 Å². The summed E-state index contributed by atoms with van der Waals surface area (Å²) in [6.07, 6.45) is -0.173. The lowest BCUT2D eigenvalue weighted by Crippen LogP contribution is -2.51. The van der Waals surface area contributed by atoms with Gasteiger partial charge >= 0.3 is 5.97 Å². The molecule has 7 heteroatoms. The van der Waals surface area contributed by atoms with Crippen LogP contribution in [-0.2, 0) is 16.0 Å². The zero-order valence-corrected chi connectivity index (χ0v) is 13.9. The number of benzene rings is 1. The minimum absolute atomic E-state index is 0.166. The highest BCUT2D eigenvalue weighted by Crippen LogP contribution is 2.32. The quantitative estimate of drug-likeness (QED) is 0.699. The van der Waals surface area contributed by atoms with Gasteiger partial charge in [-0.15, -0.1) is 23.2 Å². The molecule has 0 saturated heterocycles. The Morgan fingerprint density at radius 1 is 1.22 bits per heavy atom. The first-order chi connectivity index (χ1) is 10.9. The predicted octanol–water partition coefficient (Wildman–Crippen LogP) is 1.78. The lowest BCUT2D eigenvalue weighted by Gasteiger charge is -2.33. The molecule has 0 radical (unpaired) electrons. The van der Waals surface area contributed by atoms with Crippen LogP contribution in [0, 0.1) is 5.92 Å². The Balaban J connectivity index is 2.04. The van der Waals surface area contributed by atoms with Gasteiger partial charge in [0, 0.05) is 11.8 Å². The zero-order valence-electron chi connectivity index (χ0n) is 12.4. The van der Waals surface area contributed by atoms with E-state index in [0.717, 1.165) is 5.56 Å². The number of rotatable bonds is 5. The number of hydrogen-bond acceptors (Lipinski definition) is 3. The number of aliphatic hydroxyl groups is 1. The summed E-state index contributed by atoms with van der Waals surface area (Å²) in [5.74, 6) is -2.46. The van der Waals surface area contributed by atoms with Gasteiger partial charge in [0.05, 0.1) is 17.4 Å². The molecule has 5 nitrogen and oxygen atoms in total. The largest absolute Gasteiger partial charge is 0.480 e. The molecule has 2 rings (SSSR count). The van der Waals surface area contributed by atoms with Crippen molar-refractivity contribution in [3.8, 4) is 0 Å². The summed E-state index contributed by atoms with van der Waals surface area (Å²) in [5, 5.41) is 21.0. The van der Waals surface area contributed by atoms with Crippen molar-refractivity contribution in [3.05, 3.63) is 35.9 Å². The van der Waals surface area contributed by atoms with Gasteiger partial charge in [-0.2, -0.15) is 0 Å². The number of carboxylic acid groups (broad SMARTS) is 1. The molecule has 0 bridgehead atoms. The van der Waals surface area contributed by atoms with Crippen molar-refractivity contribution in [1.29, 1.82) is 0 Å². The molecule has 1 aromatic rings. The molecule has 0 spiro atoms. The van der Waals surface area contributed by atoms with Crippen molar-refractivity contribution < 1.29 is 19.8 Å². The van der Waals surface area contributed by atoms with Crippen LogP contribution in [0.5, 0.6) is 0 Å². The fourth-order valence-electron chi connectivity index (χ4n) is 2.74. The van der Waals surface area contributed by atoms with Crippen LogP contribution in [0.4, 0.5) is 0 Å². The highest BCUT2D eigenvalue weighted by molar-refractivity contribution is 6.24. The number of carbonyl (C=O) groups excluding carboxylic acids is 1. The minimum atomic E-state index is -1.13. The van der Waals surface area contributed by atoms with Gasteiger partial charge in [-0.3, -0.25) is 4.79 Å². The summed E-state index contributed by atoms with van der Waals surface area (Å²) in [6, 6.07) is 7.95. The molecule has 23 heavy (non-hydrogen) atoms. The topological polar surface area (TPSA) is 86.6 Å². The van der Waals surface area contributed by atoms with Crippen molar-refractivity contribution in [2.45, 2.75) is 42.2 Å². The molecular weight excluding hydrogens is 341 g/mol. The summed E-state index contributed by atoms with van der Waals surface area (Å²) in [6.45, 7) is 0. The predicted molar refractivity (Wildman–Crippen MR) is 87.7 cm³/mol. The summed E-state index contributed by atoms with van der Waals surface area (Å²) < 4.78 is 0. The molecule has 0 aliphatic heterocycles. The van der Waals surface area contributed by atoms with E-state index in [9.17, 15) is 19.8 Å². The van der Waals surface area contributed by atoms with Crippen LogP contribution >= 0.6 is 23.2 Å². The van der Waals surface area contributed by atoms with Gasteiger partial charge in [-0.1, -0.05) is 30.3 Å². The van der Waals surface area contributed by atoms with Gasteiger partial charge in [0.1, 0.15) is 6.04 Å². The van der Waals surface area contributed by atoms with Crippen molar-refractivity contribution in [3.63, 3.8) is 0 Å². The van der Waals surface area contributed by atoms with Gasteiger partial charge in [0.2, 0.25) is 5.91 Å². The van der Waals surface area contributed by atoms with Crippen molar-refractivity contribution in [2.75, 3.05) is 0 Å². The average molecular weight is 360 g/mol. The third kappa shape index (κ3) is 4.83. The van der Waals surface area contributed by atoms with E-state index >= 15 is 0 Å². The lowest BCUT2D eigenvalue weighted by molar-refractivity contribution is -0.143. The Hall–Kier alpha value is -1.30. The third-order valence-corrected chi connectivity index (χ3v) is 4.80. The molecule has 1 amide bonds. The van der Waals surface area contributed by atoms with E-state index < -0.39 is 35.3 Å². The normalized spacial score (nSPS) is 28.8. The maximum absolute atomic E-state index is 12.4. The fraction of sp³-hybridized carbons (Fsp3) is 0.500. The zero-order chi connectivity index (χ0) is 17.0. The highest BCUT2D eigenvalue weighted by atomic mass is 35.5. The van der Waals surface area contributed by atoms with Gasteiger partial charge in [0.15, 0.2) is 0 Å². The van der Waals surface area contributed by atoms with Crippen molar-refractivity contribution >= 4 is 35.1 Å². The molecule has 1 saturated carbocycles. The number of amides is 1. The number of alkyl halides is 2. The van der Waals surface area contributed by atoms with Crippen LogP contribution in [0.2, 0.25) is 0 Å². The van der Waals surface area contributed by atoms with Crippen LogP contribution in [-0.4, -0.2) is 45.0 Å².